The number of carbonyl (C=O) groups is 2. The lowest BCUT2D eigenvalue weighted by molar-refractivity contribution is -0.307. The summed E-state index contributed by atoms with van der Waals surface area (Å²) < 4.78 is 10.1. The molecule has 0 heterocycles. The highest BCUT2D eigenvalue weighted by Crippen LogP contribution is 2.29. The van der Waals surface area contributed by atoms with Gasteiger partial charge < -0.3 is 19.4 Å². The summed E-state index contributed by atoms with van der Waals surface area (Å²) in [7, 11) is 1.38. The van der Waals surface area contributed by atoms with E-state index in [1.807, 2.05) is 0 Å². The second-order valence-electron chi connectivity index (χ2n) is 4.86. The van der Waals surface area contributed by atoms with Crippen molar-refractivity contribution in [3.63, 3.8) is 0 Å². The Bertz CT molecular complexity index is 810. The molecule has 0 spiro atoms. The Hall–Kier alpha value is -2.50. The van der Waals surface area contributed by atoms with Gasteiger partial charge in [0.25, 0.3) is 0 Å². The topological polar surface area (TPSA) is 75.7 Å². The van der Waals surface area contributed by atoms with Gasteiger partial charge in [0.15, 0.2) is 17.3 Å². The van der Waals surface area contributed by atoms with Crippen molar-refractivity contribution in [2.24, 2.45) is 0 Å². The molecule has 2 aromatic carbocycles. The van der Waals surface area contributed by atoms with Crippen molar-refractivity contribution in [3.05, 3.63) is 63.6 Å². The summed E-state index contributed by atoms with van der Waals surface area (Å²) in [6.45, 7) is -0.617. The van der Waals surface area contributed by atoms with Gasteiger partial charge in [-0.3, -0.25) is 4.79 Å². The molecule has 0 aromatic heterocycles. The number of halogens is 2. The fraction of sp³-hybridized carbons (Fsp3) is 0.111. The summed E-state index contributed by atoms with van der Waals surface area (Å²) >= 11 is 12.1. The fourth-order valence-corrected chi connectivity index (χ4v) is 2.53. The summed E-state index contributed by atoms with van der Waals surface area (Å²) in [4.78, 5) is 22.8. The van der Waals surface area contributed by atoms with E-state index in [2.05, 4.69) is 0 Å². The molecule has 0 fully saturated rings. The number of rotatable bonds is 7. The van der Waals surface area contributed by atoms with Gasteiger partial charge in [0, 0.05) is 21.2 Å². The molecule has 25 heavy (non-hydrogen) atoms. The summed E-state index contributed by atoms with van der Waals surface area (Å²) in [5.41, 5.74) is 0.872. The van der Waals surface area contributed by atoms with Crippen molar-refractivity contribution in [2.75, 3.05) is 13.7 Å². The maximum Gasteiger partial charge on any atom is 0.185 e. The number of carbonyl (C=O) groups excluding carboxylic acids is 2. The quantitative estimate of drug-likeness (QED) is 0.545. The highest BCUT2D eigenvalue weighted by atomic mass is 35.5. The standard InChI is InChI=1S/C18H14Cl2O5/c1-24-17-9-11(5-8-16(17)25-10-18(22)23)15(21)7-6-12-13(19)3-2-4-14(12)20/h2-9H,10H2,1H3,(H,22,23)/p-1/b7-6+. The molecule has 0 N–H and O–H groups in total. The molecule has 0 saturated carbocycles. The zero-order chi connectivity index (χ0) is 18.4. The van der Waals surface area contributed by atoms with Crippen LogP contribution in [-0.4, -0.2) is 25.5 Å². The van der Waals surface area contributed by atoms with E-state index in [1.165, 1.54) is 37.5 Å². The number of ether oxygens (including phenoxy) is 2. The molecule has 7 heteroatoms. The first-order chi connectivity index (χ1) is 11.9. The Morgan fingerprint density at radius 1 is 1.12 bits per heavy atom. The van der Waals surface area contributed by atoms with E-state index in [0.717, 1.165) is 0 Å². The average molecular weight is 380 g/mol. The number of hydrogen-bond donors (Lipinski definition) is 0. The molecule has 0 radical (unpaired) electrons. The second-order valence-corrected chi connectivity index (χ2v) is 5.67. The van der Waals surface area contributed by atoms with Crippen LogP contribution in [0, 0.1) is 0 Å². The third-order valence-electron chi connectivity index (χ3n) is 3.19. The summed E-state index contributed by atoms with van der Waals surface area (Å²) in [6.07, 6.45) is 2.86. The molecule has 0 aliphatic heterocycles. The minimum Gasteiger partial charge on any atom is -0.546 e. The third kappa shape index (κ3) is 4.98. The lowest BCUT2D eigenvalue weighted by Crippen LogP contribution is -2.29. The number of ketones is 1. The maximum atomic E-state index is 12.3. The highest BCUT2D eigenvalue weighted by molar-refractivity contribution is 6.37. The summed E-state index contributed by atoms with van der Waals surface area (Å²) in [6, 6.07) is 9.44. The van der Waals surface area contributed by atoms with Gasteiger partial charge in [0.2, 0.25) is 0 Å². The van der Waals surface area contributed by atoms with Crippen LogP contribution in [0.1, 0.15) is 15.9 Å². The van der Waals surface area contributed by atoms with Gasteiger partial charge in [0.1, 0.15) is 6.61 Å². The molecule has 0 aliphatic carbocycles. The van der Waals surface area contributed by atoms with Crippen molar-refractivity contribution in [2.45, 2.75) is 0 Å². The van der Waals surface area contributed by atoms with Crippen molar-refractivity contribution >= 4 is 41.0 Å². The lowest BCUT2D eigenvalue weighted by Gasteiger charge is -2.11. The van der Waals surface area contributed by atoms with Crippen molar-refractivity contribution in [1.29, 1.82) is 0 Å². The van der Waals surface area contributed by atoms with Gasteiger partial charge in [-0.1, -0.05) is 29.3 Å². The fourth-order valence-electron chi connectivity index (χ4n) is 2.00. The SMILES string of the molecule is COc1cc(C(=O)/C=C/c2c(Cl)cccc2Cl)ccc1OCC(=O)[O-]. The summed E-state index contributed by atoms with van der Waals surface area (Å²) in [5, 5.41) is 11.3. The van der Waals surface area contributed by atoms with Crippen LogP contribution >= 0.6 is 23.2 Å². The Morgan fingerprint density at radius 2 is 1.80 bits per heavy atom. The van der Waals surface area contributed by atoms with Crippen LogP contribution in [0.25, 0.3) is 6.08 Å². The number of allylic oxidation sites excluding steroid dienone is 1. The van der Waals surface area contributed by atoms with E-state index in [-0.39, 0.29) is 17.3 Å². The maximum absolute atomic E-state index is 12.3. The largest absolute Gasteiger partial charge is 0.546 e. The highest BCUT2D eigenvalue weighted by Gasteiger charge is 2.10. The summed E-state index contributed by atoms with van der Waals surface area (Å²) in [5.74, 6) is -1.24. The Kier molecular flexibility index (Phi) is 6.44. The molecule has 0 aliphatic rings. The molecule has 2 rings (SSSR count). The molecular formula is C18H13Cl2O5-. The van der Waals surface area contributed by atoms with E-state index >= 15 is 0 Å². The molecule has 0 bridgehead atoms. The molecule has 0 amide bonds. The zero-order valence-electron chi connectivity index (χ0n) is 13.1. The van der Waals surface area contributed by atoms with E-state index in [0.29, 0.717) is 21.2 Å². The van der Waals surface area contributed by atoms with Crippen molar-refractivity contribution in [1.82, 2.24) is 0 Å². The number of carboxylic acid groups (broad SMARTS) is 1. The van der Waals surface area contributed by atoms with Crippen molar-refractivity contribution < 1.29 is 24.2 Å². The van der Waals surface area contributed by atoms with E-state index in [9.17, 15) is 14.7 Å². The number of benzene rings is 2. The zero-order valence-corrected chi connectivity index (χ0v) is 14.6. The number of hydrogen-bond acceptors (Lipinski definition) is 5. The van der Waals surface area contributed by atoms with Crippen molar-refractivity contribution in [3.8, 4) is 11.5 Å². The monoisotopic (exact) mass is 379 g/mol. The smallest absolute Gasteiger partial charge is 0.185 e. The molecule has 0 unspecified atom stereocenters. The Morgan fingerprint density at radius 3 is 2.40 bits per heavy atom. The van der Waals surface area contributed by atoms with Crippen LogP contribution in [0.2, 0.25) is 10.0 Å². The van der Waals surface area contributed by atoms with Crippen LogP contribution in [0.4, 0.5) is 0 Å². The van der Waals surface area contributed by atoms with Gasteiger partial charge >= 0.3 is 0 Å². The van der Waals surface area contributed by atoms with Gasteiger partial charge in [-0.15, -0.1) is 0 Å². The van der Waals surface area contributed by atoms with Gasteiger partial charge in [-0.05, 0) is 42.5 Å². The first-order valence-electron chi connectivity index (χ1n) is 7.09. The van der Waals surface area contributed by atoms with Crippen LogP contribution < -0.4 is 14.6 Å². The van der Waals surface area contributed by atoms with E-state index in [1.54, 1.807) is 18.2 Å². The van der Waals surface area contributed by atoms with E-state index < -0.39 is 12.6 Å². The van der Waals surface area contributed by atoms with Gasteiger partial charge in [-0.25, -0.2) is 0 Å². The molecule has 5 nitrogen and oxygen atoms in total. The number of carboxylic acids is 1. The van der Waals surface area contributed by atoms with Gasteiger partial charge in [-0.2, -0.15) is 0 Å². The molecule has 0 atom stereocenters. The molecule has 2 aromatic rings. The predicted molar refractivity (Wildman–Crippen MR) is 93.3 cm³/mol. The third-order valence-corrected chi connectivity index (χ3v) is 3.85. The van der Waals surface area contributed by atoms with Crippen LogP contribution in [0.5, 0.6) is 11.5 Å². The van der Waals surface area contributed by atoms with Gasteiger partial charge in [0.05, 0.1) is 13.1 Å². The first-order valence-corrected chi connectivity index (χ1v) is 7.85. The van der Waals surface area contributed by atoms with Crippen LogP contribution in [0.15, 0.2) is 42.5 Å². The van der Waals surface area contributed by atoms with Crippen LogP contribution in [0.3, 0.4) is 0 Å². The Balaban J connectivity index is 2.22. The number of methoxy groups -OCH3 is 1. The molecular weight excluding hydrogens is 367 g/mol. The predicted octanol–water partition coefficient (Wildman–Crippen LogP) is 3.03. The lowest BCUT2D eigenvalue weighted by atomic mass is 10.1. The average Bonchev–Trinajstić information content (AvgIpc) is 2.59. The van der Waals surface area contributed by atoms with Crippen LogP contribution in [-0.2, 0) is 4.79 Å². The Labute approximate surface area is 154 Å². The van der Waals surface area contributed by atoms with E-state index in [4.69, 9.17) is 32.7 Å². The molecule has 0 saturated heterocycles. The number of aliphatic carboxylic acids is 1. The molecule has 130 valence electrons. The minimum atomic E-state index is -1.36. The second kappa shape index (κ2) is 8.55. The normalized spacial score (nSPS) is 10.7. The first kappa shape index (κ1) is 18.8. The minimum absolute atomic E-state index is 0.196.